The highest BCUT2D eigenvalue weighted by atomic mass is 19.1. The molecular weight excluding hydrogens is 399 g/mol. The van der Waals surface area contributed by atoms with E-state index in [9.17, 15) is 18.8 Å². The molecule has 8 heteroatoms. The van der Waals surface area contributed by atoms with Crippen LogP contribution in [0.4, 0.5) is 14.9 Å². The van der Waals surface area contributed by atoms with Crippen LogP contribution < -0.4 is 10.6 Å². The SMILES string of the molecule is C=C1CCC(N2Cc3c(CN(C)C(=O)Nc4cccc(F)c4)cccc3C2=O)C(=O)N1. The molecule has 2 aliphatic heterocycles. The summed E-state index contributed by atoms with van der Waals surface area (Å²) in [5.41, 5.74) is 3.22. The topological polar surface area (TPSA) is 81.8 Å². The van der Waals surface area contributed by atoms with E-state index in [0.717, 1.165) is 11.1 Å². The van der Waals surface area contributed by atoms with E-state index in [2.05, 4.69) is 17.2 Å². The lowest BCUT2D eigenvalue weighted by Crippen LogP contribution is -2.49. The van der Waals surface area contributed by atoms with Gasteiger partial charge in [-0.05, 0) is 48.2 Å². The van der Waals surface area contributed by atoms with E-state index in [1.165, 1.54) is 23.1 Å². The van der Waals surface area contributed by atoms with Crippen LogP contribution in [0.15, 0.2) is 54.7 Å². The summed E-state index contributed by atoms with van der Waals surface area (Å²) in [7, 11) is 1.63. The van der Waals surface area contributed by atoms with Crippen LogP contribution in [0.1, 0.15) is 34.3 Å². The molecule has 0 spiro atoms. The van der Waals surface area contributed by atoms with Crippen molar-refractivity contribution < 1.29 is 18.8 Å². The molecular formula is C23H23FN4O3. The third kappa shape index (κ3) is 4.14. The number of carbonyl (C=O) groups is 3. The zero-order valence-corrected chi connectivity index (χ0v) is 17.2. The van der Waals surface area contributed by atoms with Gasteiger partial charge in [0.2, 0.25) is 5.91 Å². The van der Waals surface area contributed by atoms with Crippen molar-refractivity contribution >= 4 is 23.5 Å². The number of allylic oxidation sites excluding steroid dienone is 1. The molecule has 1 fully saturated rings. The predicted octanol–water partition coefficient (Wildman–Crippen LogP) is 3.24. The standard InChI is InChI=1S/C23H23FN4O3/c1-14-9-10-20(21(29)25-14)28-13-19-15(5-3-8-18(19)22(28)30)12-27(2)23(31)26-17-7-4-6-16(24)11-17/h3-8,11,20H,1,9-10,12-13H2,2H3,(H,25,29)(H,26,31). The van der Waals surface area contributed by atoms with Crippen LogP contribution in [-0.2, 0) is 17.9 Å². The molecule has 0 aromatic heterocycles. The molecule has 2 N–H and O–H groups in total. The molecule has 2 aliphatic rings. The van der Waals surface area contributed by atoms with Gasteiger partial charge < -0.3 is 20.4 Å². The Hall–Kier alpha value is -3.68. The van der Waals surface area contributed by atoms with Crippen LogP contribution in [0.5, 0.6) is 0 Å². The van der Waals surface area contributed by atoms with Gasteiger partial charge in [-0.1, -0.05) is 24.8 Å². The smallest absolute Gasteiger partial charge is 0.321 e. The van der Waals surface area contributed by atoms with Crippen LogP contribution in [0.25, 0.3) is 0 Å². The second kappa shape index (κ2) is 8.22. The van der Waals surface area contributed by atoms with E-state index in [0.29, 0.717) is 36.3 Å². The highest BCUT2D eigenvalue weighted by Gasteiger charge is 2.38. The van der Waals surface area contributed by atoms with Crippen molar-refractivity contribution in [3.8, 4) is 0 Å². The van der Waals surface area contributed by atoms with E-state index in [-0.39, 0.29) is 18.4 Å². The largest absolute Gasteiger partial charge is 0.329 e. The summed E-state index contributed by atoms with van der Waals surface area (Å²) in [5.74, 6) is -0.836. The fourth-order valence-corrected chi connectivity index (χ4v) is 3.99. The summed E-state index contributed by atoms with van der Waals surface area (Å²) in [4.78, 5) is 40.9. The van der Waals surface area contributed by atoms with Crippen LogP contribution >= 0.6 is 0 Å². The Bertz CT molecular complexity index is 1080. The molecule has 2 aromatic carbocycles. The average molecular weight is 422 g/mol. The third-order valence-electron chi connectivity index (χ3n) is 5.62. The van der Waals surface area contributed by atoms with E-state index in [1.54, 1.807) is 30.1 Å². The highest BCUT2D eigenvalue weighted by molar-refractivity contribution is 6.01. The zero-order valence-electron chi connectivity index (χ0n) is 17.2. The molecule has 31 heavy (non-hydrogen) atoms. The molecule has 0 saturated carbocycles. The lowest BCUT2D eigenvalue weighted by molar-refractivity contribution is -0.126. The number of hydrogen-bond acceptors (Lipinski definition) is 3. The number of carbonyl (C=O) groups excluding carboxylic acids is 3. The van der Waals surface area contributed by atoms with Gasteiger partial charge in [0.1, 0.15) is 11.9 Å². The van der Waals surface area contributed by atoms with E-state index >= 15 is 0 Å². The van der Waals surface area contributed by atoms with Crippen LogP contribution in [0, 0.1) is 5.82 Å². The molecule has 0 bridgehead atoms. The Labute approximate surface area is 179 Å². The van der Waals surface area contributed by atoms with Crippen molar-refractivity contribution in [3.05, 3.63) is 77.2 Å². The minimum Gasteiger partial charge on any atom is -0.329 e. The maximum atomic E-state index is 13.4. The first-order chi connectivity index (χ1) is 14.8. The molecule has 2 heterocycles. The quantitative estimate of drug-likeness (QED) is 0.794. The molecule has 1 unspecified atom stereocenters. The Morgan fingerprint density at radius 3 is 2.81 bits per heavy atom. The number of anilines is 1. The fraction of sp³-hybridized carbons (Fsp3) is 0.261. The summed E-state index contributed by atoms with van der Waals surface area (Å²) in [6, 6.07) is 10.1. The fourth-order valence-electron chi connectivity index (χ4n) is 3.99. The number of rotatable bonds is 4. The molecule has 4 amide bonds. The number of fused-ring (bicyclic) bond motifs is 1. The molecule has 160 valence electrons. The predicted molar refractivity (Wildman–Crippen MR) is 114 cm³/mol. The van der Waals surface area contributed by atoms with E-state index in [4.69, 9.17) is 0 Å². The van der Waals surface area contributed by atoms with Gasteiger partial charge in [0, 0.05) is 37.1 Å². The first kappa shape index (κ1) is 20.6. The van der Waals surface area contributed by atoms with Crippen molar-refractivity contribution in [3.63, 3.8) is 0 Å². The van der Waals surface area contributed by atoms with Crippen LogP contribution in [0.3, 0.4) is 0 Å². The average Bonchev–Trinajstić information content (AvgIpc) is 3.05. The molecule has 1 atom stereocenters. The lowest BCUT2D eigenvalue weighted by atomic mass is 10.0. The van der Waals surface area contributed by atoms with Gasteiger partial charge >= 0.3 is 6.03 Å². The van der Waals surface area contributed by atoms with E-state index in [1.807, 2.05) is 6.07 Å². The second-order valence-electron chi connectivity index (χ2n) is 7.82. The number of hydrogen-bond donors (Lipinski definition) is 2. The number of urea groups is 1. The summed E-state index contributed by atoms with van der Waals surface area (Å²) in [5, 5.41) is 5.39. The van der Waals surface area contributed by atoms with Gasteiger partial charge in [-0.15, -0.1) is 0 Å². The van der Waals surface area contributed by atoms with Gasteiger partial charge in [-0.3, -0.25) is 9.59 Å². The number of amides is 4. The maximum absolute atomic E-state index is 13.4. The zero-order chi connectivity index (χ0) is 22.1. The van der Waals surface area contributed by atoms with Crippen molar-refractivity contribution in [1.82, 2.24) is 15.1 Å². The van der Waals surface area contributed by atoms with Crippen LogP contribution in [-0.4, -0.2) is 40.7 Å². The molecule has 0 aliphatic carbocycles. The summed E-state index contributed by atoms with van der Waals surface area (Å²) >= 11 is 0. The Balaban J connectivity index is 1.49. The Morgan fingerprint density at radius 1 is 1.29 bits per heavy atom. The molecule has 1 saturated heterocycles. The normalized spacial score (nSPS) is 17.9. The van der Waals surface area contributed by atoms with Gasteiger partial charge in [0.05, 0.1) is 0 Å². The summed E-state index contributed by atoms with van der Waals surface area (Å²) < 4.78 is 13.4. The maximum Gasteiger partial charge on any atom is 0.321 e. The third-order valence-corrected chi connectivity index (χ3v) is 5.62. The van der Waals surface area contributed by atoms with Gasteiger partial charge in [0.25, 0.3) is 5.91 Å². The van der Waals surface area contributed by atoms with Crippen molar-refractivity contribution in [2.45, 2.75) is 32.0 Å². The van der Waals surface area contributed by atoms with E-state index < -0.39 is 17.9 Å². The Morgan fingerprint density at radius 2 is 2.06 bits per heavy atom. The first-order valence-corrected chi connectivity index (χ1v) is 10.0. The van der Waals surface area contributed by atoms with Crippen LogP contribution in [0.2, 0.25) is 0 Å². The molecule has 2 aromatic rings. The minimum absolute atomic E-state index is 0.184. The monoisotopic (exact) mass is 422 g/mol. The molecule has 4 rings (SSSR count). The summed E-state index contributed by atoms with van der Waals surface area (Å²) in [6.07, 6.45) is 1.17. The number of nitrogens with zero attached hydrogens (tertiary/aromatic N) is 2. The second-order valence-corrected chi connectivity index (χ2v) is 7.82. The van der Waals surface area contributed by atoms with Crippen molar-refractivity contribution in [1.29, 1.82) is 0 Å². The molecule has 7 nitrogen and oxygen atoms in total. The minimum atomic E-state index is -0.535. The Kier molecular flexibility index (Phi) is 5.46. The molecule has 0 radical (unpaired) electrons. The first-order valence-electron chi connectivity index (χ1n) is 10.0. The van der Waals surface area contributed by atoms with Gasteiger partial charge in [-0.25, -0.2) is 9.18 Å². The lowest BCUT2D eigenvalue weighted by Gasteiger charge is -2.31. The van der Waals surface area contributed by atoms with Crippen molar-refractivity contribution in [2.24, 2.45) is 0 Å². The number of halogens is 1. The number of nitrogens with one attached hydrogen (secondary N) is 2. The van der Waals surface area contributed by atoms with Gasteiger partial charge in [-0.2, -0.15) is 0 Å². The van der Waals surface area contributed by atoms with Crippen molar-refractivity contribution in [2.75, 3.05) is 12.4 Å². The summed E-state index contributed by atoms with van der Waals surface area (Å²) in [6.45, 7) is 4.36. The van der Waals surface area contributed by atoms with Gasteiger partial charge in [0.15, 0.2) is 0 Å². The highest BCUT2D eigenvalue weighted by Crippen LogP contribution is 2.31. The number of benzene rings is 2. The number of piperidine rings is 1.